The Kier molecular flexibility index (Phi) is 6.43. The molecule has 200 valence electrons. The summed E-state index contributed by atoms with van der Waals surface area (Å²) in [6, 6.07) is 26.3. The Morgan fingerprint density at radius 3 is 2.17 bits per heavy atom. The van der Waals surface area contributed by atoms with Crippen LogP contribution in [0, 0.1) is 0 Å². The van der Waals surface area contributed by atoms with Gasteiger partial charge in [0.2, 0.25) is 5.91 Å². The van der Waals surface area contributed by atoms with Gasteiger partial charge in [0.25, 0.3) is 5.91 Å². The molecule has 40 heavy (non-hydrogen) atoms. The average Bonchev–Trinajstić information content (AvgIpc) is 2.97. The SMILES string of the molecule is CC(=O)Nc1ccc(-c2ccc(N3C(=O)c4ccccc4[C@H](C(=O)O)[C@H]3c3ccc4c(c3)OCCO4)cc2)cc1. The number of nitrogens with one attached hydrogen (secondary N) is 1. The van der Waals surface area contributed by atoms with Crippen LogP contribution in [0.4, 0.5) is 11.4 Å². The first kappa shape index (κ1) is 25.2. The minimum atomic E-state index is -1.03. The molecule has 6 rings (SSSR count). The summed E-state index contributed by atoms with van der Waals surface area (Å²) in [5.74, 6) is -1.34. The number of hydrogen-bond donors (Lipinski definition) is 2. The fraction of sp³-hybridized carbons (Fsp3) is 0.156. The Morgan fingerprint density at radius 1 is 0.850 bits per heavy atom. The molecule has 0 saturated heterocycles. The molecular formula is C32H26N2O6. The molecule has 0 aliphatic carbocycles. The van der Waals surface area contributed by atoms with Crippen LogP contribution in [0.1, 0.15) is 40.4 Å². The van der Waals surface area contributed by atoms with Crippen molar-refractivity contribution in [2.45, 2.75) is 18.9 Å². The van der Waals surface area contributed by atoms with Gasteiger partial charge in [-0.1, -0.05) is 48.5 Å². The highest BCUT2D eigenvalue weighted by Gasteiger charge is 2.45. The van der Waals surface area contributed by atoms with E-state index in [0.29, 0.717) is 52.8 Å². The molecule has 0 spiro atoms. The van der Waals surface area contributed by atoms with Gasteiger partial charge in [-0.3, -0.25) is 19.3 Å². The molecule has 8 heteroatoms. The number of rotatable bonds is 5. The van der Waals surface area contributed by atoms with E-state index in [0.717, 1.165) is 11.1 Å². The quantitative estimate of drug-likeness (QED) is 0.343. The van der Waals surface area contributed by atoms with Gasteiger partial charge in [0.05, 0.1) is 6.04 Å². The molecule has 8 nitrogen and oxygen atoms in total. The molecule has 0 bridgehead atoms. The Morgan fingerprint density at radius 2 is 1.50 bits per heavy atom. The molecule has 2 heterocycles. The molecule has 2 amide bonds. The summed E-state index contributed by atoms with van der Waals surface area (Å²) < 4.78 is 11.5. The molecule has 4 aromatic rings. The van der Waals surface area contributed by atoms with Crippen LogP contribution < -0.4 is 19.7 Å². The summed E-state index contributed by atoms with van der Waals surface area (Å²) in [5.41, 5.74) is 4.60. The lowest BCUT2D eigenvalue weighted by atomic mass is 9.79. The number of carboxylic acids is 1. The van der Waals surface area contributed by atoms with Gasteiger partial charge < -0.3 is 19.9 Å². The molecule has 2 N–H and O–H groups in total. The van der Waals surface area contributed by atoms with Crippen molar-refractivity contribution in [3.05, 3.63) is 108 Å². The third-order valence-electron chi connectivity index (χ3n) is 7.20. The van der Waals surface area contributed by atoms with E-state index in [1.165, 1.54) is 6.92 Å². The summed E-state index contributed by atoms with van der Waals surface area (Å²) >= 11 is 0. The van der Waals surface area contributed by atoms with Gasteiger partial charge in [0.1, 0.15) is 19.1 Å². The normalized spacial score (nSPS) is 17.6. The number of amides is 2. The number of ether oxygens (including phenoxy) is 2. The van der Waals surface area contributed by atoms with Crippen LogP contribution in [0.3, 0.4) is 0 Å². The van der Waals surface area contributed by atoms with E-state index in [2.05, 4.69) is 5.32 Å². The Bertz CT molecular complexity index is 1610. The minimum Gasteiger partial charge on any atom is -0.486 e. The first-order valence-corrected chi connectivity index (χ1v) is 12.9. The summed E-state index contributed by atoms with van der Waals surface area (Å²) in [7, 11) is 0. The number of carboxylic acid groups (broad SMARTS) is 1. The lowest BCUT2D eigenvalue weighted by molar-refractivity contribution is -0.139. The van der Waals surface area contributed by atoms with Crippen LogP contribution in [0.25, 0.3) is 11.1 Å². The average molecular weight is 535 g/mol. The smallest absolute Gasteiger partial charge is 0.313 e. The van der Waals surface area contributed by atoms with Crippen LogP contribution in [0.5, 0.6) is 11.5 Å². The van der Waals surface area contributed by atoms with Crippen LogP contribution in [0.15, 0.2) is 91.0 Å². The maximum absolute atomic E-state index is 14.0. The molecule has 2 aliphatic rings. The molecule has 4 aromatic carbocycles. The molecule has 0 saturated carbocycles. The monoisotopic (exact) mass is 534 g/mol. The van der Waals surface area contributed by atoms with E-state index in [-0.39, 0.29) is 11.8 Å². The minimum absolute atomic E-state index is 0.142. The van der Waals surface area contributed by atoms with Crippen LogP contribution in [-0.2, 0) is 9.59 Å². The van der Waals surface area contributed by atoms with Crippen molar-refractivity contribution in [3.8, 4) is 22.6 Å². The fourth-order valence-corrected chi connectivity index (χ4v) is 5.43. The molecule has 2 aliphatic heterocycles. The predicted molar refractivity (Wildman–Crippen MR) is 150 cm³/mol. The highest BCUT2D eigenvalue weighted by molar-refractivity contribution is 6.11. The number of nitrogens with zero attached hydrogens (tertiary/aromatic N) is 1. The summed E-state index contributed by atoms with van der Waals surface area (Å²) in [6.45, 7) is 2.29. The van der Waals surface area contributed by atoms with Gasteiger partial charge in [-0.25, -0.2) is 0 Å². The lowest BCUT2D eigenvalue weighted by Crippen LogP contribution is -2.45. The Hall–Kier alpha value is -5.11. The number of benzene rings is 4. The zero-order chi connectivity index (χ0) is 27.8. The number of carbonyl (C=O) groups excluding carboxylic acids is 2. The van der Waals surface area contributed by atoms with Gasteiger partial charge in [-0.05, 0) is 64.7 Å². The van der Waals surface area contributed by atoms with Gasteiger partial charge in [0.15, 0.2) is 11.5 Å². The number of hydrogen-bond acceptors (Lipinski definition) is 5. The fourth-order valence-electron chi connectivity index (χ4n) is 5.43. The highest BCUT2D eigenvalue weighted by atomic mass is 16.6. The van der Waals surface area contributed by atoms with Crippen molar-refractivity contribution in [1.82, 2.24) is 0 Å². The van der Waals surface area contributed by atoms with Gasteiger partial charge in [0, 0.05) is 23.9 Å². The summed E-state index contributed by atoms with van der Waals surface area (Å²) in [6.07, 6.45) is 0. The number of aliphatic carboxylic acids is 1. The van der Waals surface area contributed by atoms with E-state index in [1.807, 2.05) is 48.5 Å². The highest BCUT2D eigenvalue weighted by Crippen LogP contribution is 2.47. The predicted octanol–water partition coefficient (Wildman–Crippen LogP) is 5.65. The second-order valence-corrected chi connectivity index (χ2v) is 9.73. The molecule has 0 unspecified atom stereocenters. The first-order chi connectivity index (χ1) is 19.4. The van der Waals surface area contributed by atoms with Crippen molar-refractivity contribution in [1.29, 1.82) is 0 Å². The Labute approximate surface area is 230 Å². The second kappa shape index (κ2) is 10.2. The van der Waals surface area contributed by atoms with Crippen LogP contribution >= 0.6 is 0 Å². The summed E-state index contributed by atoms with van der Waals surface area (Å²) in [5, 5.41) is 13.2. The van der Waals surface area contributed by atoms with Crippen LogP contribution in [-0.4, -0.2) is 36.1 Å². The van der Waals surface area contributed by atoms with Gasteiger partial charge in [-0.15, -0.1) is 0 Å². The number of anilines is 2. The maximum Gasteiger partial charge on any atom is 0.313 e. The molecule has 0 aromatic heterocycles. The van der Waals surface area contributed by atoms with Crippen molar-refractivity contribution in [2.24, 2.45) is 0 Å². The van der Waals surface area contributed by atoms with E-state index >= 15 is 0 Å². The van der Waals surface area contributed by atoms with Crippen LogP contribution in [0.2, 0.25) is 0 Å². The zero-order valence-electron chi connectivity index (χ0n) is 21.7. The third kappa shape index (κ3) is 4.53. The Balaban J connectivity index is 1.43. The standard InChI is InChI=1S/C32H26N2O6/c1-19(35)33-23-11-6-20(7-12-23)21-8-13-24(14-9-21)34-30(22-10-15-27-28(18-22)40-17-16-39-27)29(32(37)38)25-4-2-3-5-26(25)31(34)36/h2-15,18,29-30H,16-17H2,1H3,(H,33,35)(H,37,38)/t29-,30+/m0/s1. The first-order valence-electron chi connectivity index (χ1n) is 12.9. The second-order valence-electron chi connectivity index (χ2n) is 9.73. The molecule has 0 radical (unpaired) electrons. The molecule has 0 fully saturated rings. The van der Waals surface area contributed by atoms with Crippen molar-refractivity contribution < 1.29 is 29.0 Å². The number of carbonyl (C=O) groups is 3. The zero-order valence-corrected chi connectivity index (χ0v) is 21.7. The maximum atomic E-state index is 14.0. The van der Waals surface area contributed by atoms with Crippen molar-refractivity contribution >= 4 is 29.2 Å². The van der Waals surface area contributed by atoms with E-state index in [1.54, 1.807) is 47.4 Å². The largest absolute Gasteiger partial charge is 0.486 e. The van der Waals surface area contributed by atoms with E-state index in [9.17, 15) is 19.5 Å². The van der Waals surface area contributed by atoms with Gasteiger partial charge in [-0.2, -0.15) is 0 Å². The van der Waals surface area contributed by atoms with Crippen molar-refractivity contribution in [2.75, 3.05) is 23.4 Å². The topological polar surface area (TPSA) is 105 Å². The lowest BCUT2D eigenvalue weighted by Gasteiger charge is -2.41. The molecule has 2 atom stereocenters. The molecular weight excluding hydrogens is 508 g/mol. The third-order valence-corrected chi connectivity index (χ3v) is 7.20. The number of fused-ring (bicyclic) bond motifs is 2. The van der Waals surface area contributed by atoms with E-state index < -0.39 is 17.9 Å². The van der Waals surface area contributed by atoms with Gasteiger partial charge >= 0.3 is 5.97 Å². The summed E-state index contributed by atoms with van der Waals surface area (Å²) in [4.78, 5) is 39.7. The van der Waals surface area contributed by atoms with E-state index in [4.69, 9.17) is 9.47 Å². The van der Waals surface area contributed by atoms with Crippen molar-refractivity contribution in [3.63, 3.8) is 0 Å².